The Morgan fingerprint density at radius 3 is 2.63 bits per heavy atom. The number of unbranched alkanes of at least 4 members (excludes halogenated alkanes) is 1. The first-order valence-electron chi connectivity index (χ1n) is 5.54. The summed E-state index contributed by atoms with van der Waals surface area (Å²) in [6, 6.07) is 0. The second-order valence-electron chi connectivity index (χ2n) is 3.85. The largest absolute Gasteiger partial charge is 0.489 e. The number of alkyl halides is 4. The van der Waals surface area contributed by atoms with E-state index in [2.05, 4.69) is 20.7 Å². The number of hydrogen-bond acceptors (Lipinski definition) is 4. The fourth-order valence-corrected chi connectivity index (χ4v) is 1.87. The van der Waals surface area contributed by atoms with E-state index >= 15 is 0 Å². The van der Waals surface area contributed by atoms with Crippen LogP contribution in [0.25, 0.3) is 0 Å². The summed E-state index contributed by atoms with van der Waals surface area (Å²) < 4.78 is 44.9. The topological polar surface area (TPSA) is 52.6 Å². The molecule has 0 bridgehead atoms. The van der Waals surface area contributed by atoms with Crippen LogP contribution in [0.15, 0.2) is 11.3 Å². The maximum absolute atomic E-state index is 11.9. The molecule has 0 saturated heterocycles. The van der Waals surface area contributed by atoms with Crippen molar-refractivity contribution in [2.45, 2.75) is 25.4 Å². The zero-order chi connectivity index (χ0) is 14.5. The molecule has 0 unspecified atom stereocenters. The minimum absolute atomic E-state index is 0.123. The highest BCUT2D eigenvalue weighted by Gasteiger charge is 2.35. The molecule has 0 aromatic heterocycles. The van der Waals surface area contributed by atoms with Crippen LogP contribution < -0.4 is 0 Å². The van der Waals surface area contributed by atoms with Gasteiger partial charge in [0, 0.05) is 11.8 Å². The Hall–Kier alpha value is -1.05. The Labute approximate surface area is 116 Å². The van der Waals surface area contributed by atoms with Gasteiger partial charge in [0.1, 0.15) is 11.3 Å². The van der Waals surface area contributed by atoms with E-state index in [1.807, 2.05) is 0 Å². The third-order valence-corrected chi connectivity index (χ3v) is 2.85. The van der Waals surface area contributed by atoms with Gasteiger partial charge in [-0.25, -0.2) is 4.79 Å². The van der Waals surface area contributed by atoms with Crippen LogP contribution in [0.2, 0.25) is 0 Å². The summed E-state index contributed by atoms with van der Waals surface area (Å²) in [6.45, 7) is -2.03. The van der Waals surface area contributed by atoms with Gasteiger partial charge < -0.3 is 9.47 Å². The molecule has 4 nitrogen and oxygen atoms in total. The number of ether oxygens (including phenoxy) is 2. The molecule has 0 saturated carbocycles. The molecule has 1 heterocycles. The van der Waals surface area contributed by atoms with Crippen molar-refractivity contribution >= 4 is 27.7 Å². The van der Waals surface area contributed by atoms with Gasteiger partial charge in [0.15, 0.2) is 13.2 Å². The van der Waals surface area contributed by atoms with Crippen LogP contribution in [0.1, 0.15) is 19.3 Å². The Morgan fingerprint density at radius 1 is 1.37 bits per heavy atom. The average Bonchev–Trinajstić information content (AvgIpc) is 2.67. The maximum atomic E-state index is 11.9. The van der Waals surface area contributed by atoms with Gasteiger partial charge >= 0.3 is 12.1 Å². The van der Waals surface area contributed by atoms with E-state index < -0.39 is 24.5 Å². The van der Waals surface area contributed by atoms with Gasteiger partial charge in [-0.05, 0) is 12.8 Å². The fraction of sp³-hybridized carbons (Fsp3) is 0.636. The number of carbonyl (C=O) groups is 2. The highest BCUT2D eigenvalue weighted by molar-refractivity contribution is 9.09. The molecular formula is C11H12BrF3O4. The van der Waals surface area contributed by atoms with E-state index in [1.165, 1.54) is 0 Å². The molecule has 0 fully saturated rings. The molecule has 1 aliphatic heterocycles. The molecule has 19 heavy (non-hydrogen) atoms. The van der Waals surface area contributed by atoms with E-state index in [4.69, 9.17) is 4.74 Å². The lowest BCUT2D eigenvalue weighted by Crippen LogP contribution is -2.23. The first-order valence-corrected chi connectivity index (χ1v) is 6.66. The summed E-state index contributed by atoms with van der Waals surface area (Å²) in [4.78, 5) is 22.9. The summed E-state index contributed by atoms with van der Waals surface area (Å²) >= 11 is 3.22. The molecular weight excluding hydrogens is 333 g/mol. The number of ketones is 1. The van der Waals surface area contributed by atoms with Crippen molar-refractivity contribution in [1.82, 2.24) is 0 Å². The summed E-state index contributed by atoms with van der Waals surface area (Å²) in [6.07, 6.45) is -2.83. The Kier molecular flexibility index (Phi) is 5.84. The monoisotopic (exact) mass is 344 g/mol. The standard InChI is InChI=1S/C11H12BrF3O4/c12-4-2-1-3-8-9(7(16)5-18-8)10(17)19-6-11(13,14)15/h1-6H2. The van der Waals surface area contributed by atoms with Crippen LogP contribution >= 0.6 is 15.9 Å². The second kappa shape index (κ2) is 6.93. The average molecular weight is 345 g/mol. The molecule has 0 aromatic carbocycles. The summed E-state index contributed by atoms with van der Waals surface area (Å²) in [7, 11) is 0. The third-order valence-electron chi connectivity index (χ3n) is 2.29. The number of hydrogen-bond donors (Lipinski definition) is 0. The predicted octanol–water partition coefficient (Wildman–Crippen LogP) is 2.51. The van der Waals surface area contributed by atoms with Crippen molar-refractivity contribution in [3.63, 3.8) is 0 Å². The maximum Gasteiger partial charge on any atom is 0.422 e. The number of rotatable bonds is 6. The summed E-state index contributed by atoms with van der Waals surface area (Å²) in [5, 5.41) is 0.752. The van der Waals surface area contributed by atoms with Crippen molar-refractivity contribution in [3.8, 4) is 0 Å². The molecule has 0 radical (unpaired) electrons. The van der Waals surface area contributed by atoms with Gasteiger partial charge in [0.2, 0.25) is 5.78 Å². The van der Waals surface area contributed by atoms with Gasteiger partial charge in [-0.1, -0.05) is 15.9 Å². The van der Waals surface area contributed by atoms with Crippen LogP contribution in [0.4, 0.5) is 13.2 Å². The van der Waals surface area contributed by atoms with Crippen LogP contribution in [-0.4, -0.2) is 36.5 Å². The summed E-state index contributed by atoms with van der Waals surface area (Å²) in [5.74, 6) is -1.78. The molecule has 0 spiro atoms. The molecule has 1 rings (SSSR count). The number of esters is 1. The van der Waals surface area contributed by atoms with Crippen LogP contribution in [0.5, 0.6) is 0 Å². The molecule has 1 aliphatic rings. The van der Waals surface area contributed by atoms with E-state index in [-0.39, 0.29) is 17.9 Å². The van der Waals surface area contributed by atoms with Gasteiger partial charge in [-0.3, -0.25) is 4.79 Å². The second-order valence-corrected chi connectivity index (χ2v) is 4.64. The van der Waals surface area contributed by atoms with Crippen molar-refractivity contribution in [2.75, 3.05) is 18.5 Å². The minimum atomic E-state index is -4.62. The van der Waals surface area contributed by atoms with Crippen molar-refractivity contribution in [3.05, 3.63) is 11.3 Å². The van der Waals surface area contributed by atoms with Gasteiger partial charge in [0.25, 0.3) is 0 Å². The first kappa shape index (κ1) is 16.0. The third kappa shape index (κ3) is 5.22. The minimum Gasteiger partial charge on any atom is -0.489 e. The molecule has 0 N–H and O–H groups in total. The zero-order valence-corrected chi connectivity index (χ0v) is 11.5. The SMILES string of the molecule is O=C1COC(CCCCBr)=C1C(=O)OCC(F)(F)F. The lowest BCUT2D eigenvalue weighted by molar-refractivity contribution is -0.183. The molecule has 8 heteroatoms. The van der Waals surface area contributed by atoms with E-state index in [9.17, 15) is 22.8 Å². The number of halogens is 4. The van der Waals surface area contributed by atoms with Crippen molar-refractivity contribution in [1.29, 1.82) is 0 Å². The van der Waals surface area contributed by atoms with E-state index in [1.54, 1.807) is 0 Å². The van der Waals surface area contributed by atoms with Crippen molar-refractivity contribution in [2.24, 2.45) is 0 Å². The smallest absolute Gasteiger partial charge is 0.422 e. The highest BCUT2D eigenvalue weighted by Crippen LogP contribution is 2.24. The molecule has 0 aromatic rings. The molecule has 0 atom stereocenters. The fourth-order valence-electron chi connectivity index (χ4n) is 1.48. The Balaban J connectivity index is 2.66. The molecule has 0 amide bonds. The van der Waals surface area contributed by atoms with Crippen LogP contribution in [0.3, 0.4) is 0 Å². The normalized spacial score (nSPS) is 15.7. The van der Waals surface area contributed by atoms with Gasteiger partial charge in [-0.2, -0.15) is 13.2 Å². The van der Waals surface area contributed by atoms with Crippen LogP contribution in [-0.2, 0) is 19.1 Å². The molecule has 108 valence electrons. The van der Waals surface area contributed by atoms with Crippen molar-refractivity contribution < 1.29 is 32.2 Å². The lowest BCUT2D eigenvalue weighted by Gasteiger charge is -2.08. The van der Waals surface area contributed by atoms with Gasteiger partial charge in [0.05, 0.1) is 0 Å². The Morgan fingerprint density at radius 2 is 2.05 bits per heavy atom. The quantitative estimate of drug-likeness (QED) is 0.321. The zero-order valence-electron chi connectivity index (χ0n) is 9.89. The number of allylic oxidation sites excluding steroid dienone is 1. The van der Waals surface area contributed by atoms with E-state index in [0.717, 1.165) is 11.8 Å². The lowest BCUT2D eigenvalue weighted by atomic mass is 10.1. The number of carbonyl (C=O) groups excluding carboxylic acids is 2. The molecule has 0 aliphatic carbocycles. The highest BCUT2D eigenvalue weighted by atomic mass is 79.9. The van der Waals surface area contributed by atoms with Crippen LogP contribution in [0, 0.1) is 0 Å². The Bertz CT molecular complexity index is 390. The van der Waals surface area contributed by atoms with E-state index in [0.29, 0.717) is 12.8 Å². The first-order chi connectivity index (χ1) is 8.85. The summed E-state index contributed by atoms with van der Waals surface area (Å²) in [5.41, 5.74) is -0.390. The predicted molar refractivity (Wildman–Crippen MR) is 62.6 cm³/mol. The number of Topliss-reactive ketones (excluding diaryl/α,β-unsaturated/α-hetero) is 1. The van der Waals surface area contributed by atoms with Gasteiger partial charge in [-0.15, -0.1) is 0 Å².